The number of methoxy groups -OCH3 is 2. The van der Waals surface area contributed by atoms with Gasteiger partial charge in [0.2, 0.25) is 5.91 Å². The van der Waals surface area contributed by atoms with Gasteiger partial charge in [-0.3, -0.25) is 4.79 Å². The number of rotatable bonds is 7. The molecule has 2 N–H and O–H groups in total. The first-order valence-corrected chi connectivity index (χ1v) is 11.8. The summed E-state index contributed by atoms with van der Waals surface area (Å²) in [6, 6.07) is 20.3. The average Bonchev–Trinajstić information content (AvgIpc) is 2.88. The van der Waals surface area contributed by atoms with Crippen LogP contribution in [-0.4, -0.2) is 44.1 Å². The van der Waals surface area contributed by atoms with E-state index in [0.717, 1.165) is 16.7 Å². The molecule has 0 fully saturated rings. The fourth-order valence-electron chi connectivity index (χ4n) is 4.32. The number of anilines is 1. The van der Waals surface area contributed by atoms with Gasteiger partial charge >= 0.3 is 6.03 Å². The zero-order valence-electron chi connectivity index (χ0n) is 19.7. The molecule has 3 aromatic carbocycles. The summed E-state index contributed by atoms with van der Waals surface area (Å²) in [4.78, 5) is 27.4. The second-order valence-corrected chi connectivity index (χ2v) is 8.58. The number of urea groups is 1. The summed E-state index contributed by atoms with van der Waals surface area (Å²) >= 11 is 6.10. The molecule has 7 nitrogen and oxygen atoms in total. The van der Waals surface area contributed by atoms with Gasteiger partial charge in [0.05, 0.1) is 31.0 Å². The van der Waals surface area contributed by atoms with E-state index in [1.165, 1.54) is 0 Å². The van der Waals surface area contributed by atoms with Crippen molar-refractivity contribution in [3.05, 3.63) is 88.4 Å². The molecule has 1 unspecified atom stereocenters. The molecule has 1 atom stereocenters. The van der Waals surface area contributed by atoms with E-state index in [0.29, 0.717) is 35.2 Å². The normalized spacial score (nSPS) is 14.6. The predicted molar refractivity (Wildman–Crippen MR) is 136 cm³/mol. The first-order chi connectivity index (χ1) is 17.0. The second-order valence-electron chi connectivity index (χ2n) is 8.17. The van der Waals surface area contributed by atoms with Crippen LogP contribution in [0.1, 0.15) is 29.2 Å². The highest BCUT2D eigenvalue weighted by Gasteiger charge is 2.33. The molecule has 1 heterocycles. The standard InChI is InChI=1S/C27H28ClN3O4/c1-34-23-16-19-13-15-31(26(18-8-4-3-5-9-18)20(19)17-24(23)35-2)27(33)29-14-12-25(32)30-22-11-7-6-10-21(22)28/h3-11,16-17,26H,12-15H2,1-2H3,(H,29,33)(H,30,32). The maximum atomic E-state index is 13.3. The van der Waals surface area contributed by atoms with Crippen molar-refractivity contribution in [3.8, 4) is 11.5 Å². The van der Waals surface area contributed by atoms with Crippen molar-refractivity contribution in [1.29, 1.82) is 0 Å². The lowest BCUT2D eigenvalue weighted by Crippen LogP contribution is -2.46. The highest BCUT2D eigenvalue weighted by atomic mass is 35.5. The molecule has 8 heteroatoms. The topological polar surface area (TPSA) is 79.9 Å². The minimum Gasteiger partial charge on any atom is -0.493 e. The Labute approximate surface area is 210 Å². The maximum Gasteiger partial charge on any atom is 0.318 e. The summed E-state index contributed by atoms with van der Waals surface area (Å²) < 4.78 is 11.0. The average molecular weight is 494 g/mol. The quantitative estimate of drug-likeness (QED) is 0.483. The van der Waals surface area contributed by atoms with E-state index in [-0.39, 0.29) is 30.9 Å². The summed E-state index contributed by atoms with van der Waals surface area (Å²) in [7, 11) is 3.21. The van der Waals surface area contributed by atoms with Crippen LogP contribution in [0.2, 0.25) is 5.02 Å². The minimum atomic E-state index is -0.295. The van der Waals surface area contributed by atoms with Crippen LogP contribution in [0.5, 0.6) is 11.5 Å². The molecule has 0 saturated heterocycles. The van der Waals surface area contributed by atoms with Crippen LogP contribution in [0.15, 0.2) is 66.7 Å². The van der Waals surface area contributed by atoms with Crippen LogP contribution >= 0.6 is 11.6 Å². The Kier molecular flexibility index (Phi) is 7.77. The Balaban J connectivity index is 1.49. The largest absolute Gasteiger partial charge is 0.493 e. The molecule has 0 radical (unpaired) electrons. The first kappa shape index (κ1) is 24.4. The van der Waals surface area contributed by atoms with Crippen LogP contribution in [-0.2, 0) is 11.2 Å². The molecule has 1 aliphatic rings. The predicted octanol–water partition coefficient (Wildman–Crippen LogP) is 5.04. The van der Waals surface area contributed by atoms with Gasteiger partial charge in [-0.2, -0.15) is 0 Å². The van der Waals surface area contributed by atoms with E-state index in [2.05, 4.69) is 10.6 Å². The smallest absolute Gasteiger partial charge is 0.318 e. The Morgan fingerprint density at radius 1 is 1.00 bits per heavy atom. The van der Waals surface area contributed by atoms with Crippen molar-refractivity contribution >= 4 is 29.2 Å². The molecular weight excluding hydrogens is 466 g/mol. The maximum absolute atomic E-state index is 13.3. The van der Waals surface area contributed by atoms with Crippen molar-refractivity contribution < 1.29 is 19.1 Å². The summed E-state index contributed by atoms with van der Waals surface area (Å²) in [5.74, 6) is 1.06. The summed E-state index contributed by atoms with van der Waals surface area (Å²) in [6.45, 7) is 0.728. The fraction of sp³-hybridized carbons (Fsp3) is 0.259. The van der Waals surface area contributed by atoms with E-state index >= 15 is 0 Å². The van der Waals surface area contributed by atoms with Gasteiger partial charge in [0, 0.05) is 19.5 Å². The Morgan fingerprint density at radius 3 is 2.40 bits per heavy atom. The third-order valence-electron chi connectivity index (χ3n) is 6.03. The van der Waals surface area contributed by atoms with E-state index < -0.39 is 0 Å². The van der Waals surface area contributed by atoms with Gasteiger partial charge in [-0.25, -0.2) is 4.79 Å². The molecular formula is C27H28ClN3O4. The Morgan fingerprint density at radius 2 is 1.69 bits per heavy atom. The number of hydrogen-bond acceptors (Lipinski definition) is 4. The second kappa shape index (κ2) is 11.1. The van der Waals surface area contributed by atoms with Crippen molar-refractivity contribution in [2.45, 2.75) is 18.9 Å². The summed E-state index contributed by atoms with van der Waals surface area (Å²) in [5, 5.41) is 6.14. The lowest BCUT2D eigenvalue weighted by Gasteiger charge is -2.38. The van der Waals surface area contributed by atoms with Crippen LogP contribution in [0.4, 0.5) is 10.5 Å². The number of nitrogens with zero attached hydrogens (tertiary/aromatic N) is 1. The van der Waals surface area contributed by atoms with Gasteiger partial charge in [-0.1, -0.05) is 54.1 Å². The molecule has 3 amide bonds. The monoisotopic (exact) mass is 493 g/mol. The molecule has 182 valence electrons. The number of para-hydroxylation sites is 1. The van der Waals surface area contributed by atoms with Crippen molar-refractivity contribution in [2.75, 3.05) is 32.6 Å². The number of carbonyl (C=O) groups excluding carboxylic acids is 2. The highest BCUT2D eigenvalue weighted by Crippen LogP contribution is 2.41. The van der Waals surface area contributed by atoms with Crippen molar-refractivity contribution in [2.24, 2.45) is 0 Å². The number of nitrogens with one attached hydrogen (secondary N) is 2. The molecule has 0 aliphatic carbocycles. The molecule has 0 aromatic heterocycles. The van der Waals surface area contributed by atoms with E-state index in [1.54, 1.807) is 43.4 Å². The van der Waals surface area contributed by atoms with Crippen molar-refractivity contribution in [3.63, 3.8) is 0 Å². The number of halogens is 1. The van der Waals surface area contributed by atoms with Crippen LogP contribution in [0.3, 0.4) is 0 Å². The number of hydrogen-bond donors (Lipinski definition) is 2. The van der Waals surface area contributed by atoms with E-state index in [1.807, 2.05) is 42.5 Å². The molecule has 0 spiro atoms. The summed E-state index contributed by atoms with van der Waals surface area (Å²) in [6.07, 6.45) is 0.807. The third kappa shape index (κ3) is 5.52. The highest BCUT2D eigenvalue weighted by molar-refractivity contribution is 6.33. The van der Waals surface area contributed by atoms with Gasteiger partial charge in [-0.15, -0.1) is 0 Å². The number of amides is 3. The van der Waals surface area contributed by atoms with Crippen molar-refractivity contribution in [1.82, 2.24) is 10.2 Å². The number of benzene rings is 3. The first-order valence-electron chi connectivity index (χ1n) is 11.4. The van der Waals surface area contributed by atoms with Crippen LogP contribution in [0, 0.1) is 0 Å². The molecule has 1 aliphatic heterocycles. The Hall–Kier alpha value is -3.71. The number of ether oxygens (including phenoxy) is 2. The molecule has 0 saturated carbocycles. The van der Waals surface area contributed by atoms with Gasteiger partial charge in [-0.05, 0) is 47.4 Å². The zero-order chi connectivity index (χ0) is 24.8. The van der Waals surface area contributed by atoms with Gasteiger partial charge < -0.3 is 25.0 Å². The zero-order valence-corrected chi connectivity index (χ0v) is 20.5. The van der Waals surface area contributed by atoms with Gasteiger partial charge in [0.1, 0.15) is 0 Å². The van der Waals surface area contributed by atoms with E-state index in [9.17, 15) is 9.59 Å². The minimum absolute atomic E-state index is 0.127. The fourth-order valence-corrected chi connectivity index (χ4v) is 4.50. The number of carbonyl (C=O) groups is 2. The molecule has 35 heavy (non-hydrogen) atoms. The summed E-state index contributed by atoms with van der Waals surface area (Å²) in [5.41, 5.74) is 3.64. The lowest BCUT2D eigenvalue weighted by molar-refractivity contribution is -0.116. The Bertz CT molecular complexity index is 1200. The molecule has 4 rings (SSSR count). The third-order valence-corrected chi connectivity index (χ3v) is 6.36. The van der Waals surface area contributed by atoms with Crippen LogP contribution < -0.4 is 20.1 Å². The number of fused-ring (bicyclic) bond motifs is 1. The lowest BCUT2D eigenvalue weighted by atomic mass is 9.88. The van der Waals surface area contributed by atoms with Crippen LogP contribution in [0.25, 0.3) is 0 Å². The van der Waals surface area contributed by atoms with Gasteiger partial charge in [0.15, 0.2) is 11.5 Å². The SMILES string of the molecule is COc1cc2c(cc1OC)C(c1ccccc1)N(C(=O)NCCC(=O)Nc1ccccc1Cl)CC2. The molecule has 0 bridgehead atoms. The molecule has 3 aromatic rings. The van der Waals surface area contributed by atoms with Gasteiger partial charge in [0.25, 0.3) is 0 Å². The van der Waals surface area contributed by atoms with E-state index in [4.69, 9.17) is 21.1 Å².